The molecule has 3 N–H and O–H groups in total. The van der Waals surface area contributed by atoms with Crippen LogP contribution in [0.2, 0.25) is 0 Å². The summed E-state index contributed by atoms with van der Waals surface area (Å²) in [7, 11) is 6.19. The van der Waals surface area contributed by atoms with Crippen molar-refractivity contribution in [1.82, 2.24) is 5.32 Å². The molecule has 0 aliphatic heterocycles. The van der Waals surface area contributed by atoms with Crippen LogP contribution in [0.1, 0.15) is 12.0 Å². The molecular formula is C15H25ClN2O5. The molecule has 7 nitrogen and oxygen atoms in total. The molecule has 0 radical (unpaired) electrons. The van der Waals surface area contributed by atoms with Crippen molar-refractivity contribution < 1.29 is 23.7 Å². The van der Waals surface area contributed by atoms with Crippen LogP contribution in [-0.2, 0) is 16.1 Å². The summed E-state index contributed by atoms with van der Waals surface area (Å²) in [5.74, 6) is 1.61. The Morgan fingerprint density at radius 2 is 1.65 bits per heavy atom. The van der Waals surface area contributed by atoms with E-state index in [-0.39, 0.29) is 30.8 Å². The Morgan fingerprint density at radius 1 is 1.09 bits per heavy atom. The van der Waals surface area contributed by atoms with Gasteiger partial charge in [-0.25, -0.2) is 0 Å². The number of ether oxygens (including phenoxy) is 4. The topological polar surface area (TPSA) is 92.0 Å². The zero-order valence-corrected chi connectivity index (χ0v) is 14.7. The van der Waals surface area contributed by atoms with E-state index in [0.29, 0.717) is 30.3 Å². The Morgan fingerprint density at radius 3 is 2.13 bits per heavy atom. The van der Waals surface area contributed by atoms with Gasteiger partial charge in [0, 0.05) is 31.8 Å². The zero-order chi connectivity index (χ0) is 16.5. The zero-order valence-electron chi connectivity index (χ0n) is 13.9. The molecule has 0 saturated carbocycles. The average molecular weight is 349 g/mol. The van der Waals surface area contributed by atoms with Gasteiger partial charge in [-0.05, 0) is 6.07 Å². The van der Waals surface area contributed by atoms with Crippen molar-refractivity contribution in [3.8, 4) is 17.2 Å². The minimum Gasteiger partial charge on any atom is -0.496 e. The lowest BCUT2D eigenvalue weighted by Crippen LogP contribution is -2.32. The average Bonchev–Trinajstić information content (AvgIpc) is 2.56. The molecule has 1 atom stereocenters. The van der Waals surface area contributed by atoms with Crippen LogP contribution < -0.4 is 25.3 Å². The van der Waals surface area contributed by atoms with Crippen molar-refractivity contribution in [1.29, 1.82) is 0 Å². The van der Waals surface area contributed by atoms with Gasteiger partial charge in [0.1, 0.15) is 5.75 Å². The first-order chi connectivity index (χ1) is 10.6. The predicted molar refractivity (Wildman–Crippen MR) is 89.7 cm³/mol. The highest BCUT2D eigenvalue weighted by atomic mass is 35.5. The first-order valence-electron chi connectivity index (χ1n) is 6.88. The van der Waals surface area contributed by atoms with E-state index in [2.05, 4.69) is 5.32 Å². The second kappa shape index (κ2) is 10.9. The van der Waals surface area contributed by atoms with Gasteiger partial charge in [0.05, 0.1) is 33.9 Å². The first kappa shape index (κ1) is 21.3. The first-order valence-corrected chi connectivity index (χ1v) is 6.88. The second-order valence-electron chi connectivity index (χ2n) is 4.59. The minimum absolute atomic E-state index is 0. The number of halogens is 1. The van der Waals surface area contributed by atoms with Crippen LogP contribution in [0.3, 0.4) is 0 Å². The van der Waals surface area contributed by atoms with E-state index >= 15 is 0 Å². The van der Waals surface area contributed by atoms with Gasteiger partial charge in [0.2, 0.25) is 5.91 Å². The Kier molecular flexibility index (Phi) is 10.1. The van der Waals surface area contributed by atoms with Gasteiger partial charge in [-0.3, -0.25) is 4.79 Å². The molecule has 0 bridgehead atoms. The van der Waals surface area contributed by atoms with Crippen LogP contribution in [0.4, 0.5) is 0 Å². The molecule has 1 aromatic carbocycles. The molecule has 0 saturated heterocycles. The fourth-order valence-electron chi connectivity index (χ4n) is 1.97. The number of rotatable bonds is 9. The molecule has 8 heteroatoms. The number of methoxy groups -OCH3 is 4. The lowest BCUT2D eigenvalue weighted by atomic mass is 10.1. The van der Waals surface area contributed by atoms with Gasteiger partial charge in [0.15, 0.2) is 11.5 Å². The Bertz CT molecular complexity index is 495. The van der Waals surface area contributed by atoms with E-state index in [1.54, 1.807) is 33.5 Å². The summed E-state index contributed by atoms with van der Waals surface area (Å²) in [6.45, 7) is 0.604. The SMILES string of the molecule is COc1cc(OC)c(OC)cc1CNC(=O)CC(CN)OC.Cl. The monoisotopic (exact) mass is 348 g/mol. The van der Waals surface area contributed by atoms with Crippen molar-refractivity contribution >= 4 is 18.3 Å². The molecule has 0 aliphatic carbocycles. The van der Waals surface area contributed by atoms with Gasteiger partial charge < -0.3 is 30.0 Å². The summed E-state index contributed by atoms with van der Waals surface area (Å²) in [6.07, 6.45) is -0.0740. The van der Waals surface area contributed by atoms with Crippen molar-refractivity contribution in [2.75, 3.05) is 35.0 Å². The summed E-state index contributed by atoms with van der Waals surface area (Å²) < 4.78 is 20.9. The maximum absolute atomic E-state index is 11.9. The van der Waals surface area contributed by atoms with E-state index in [0.717, 1.165) is 5.56 Å². The molecule has 23 heavy (non-hydrogen) atoms. The number of hydrogen-bond acceptors (Lipinski definition) is 6. The van der Waals surface area contributed by atoms with Crippen molar-refractivity contribution in [3.05, 3.63) is 17.7 Å². The van der Waals surface area contributed by atoms with E-state index in [9.17, 15) is 4.79 Å². The standard InChI is InChI=1S/C15H24N2O5.ClH/c1-19-11(8-16)6-15(18)17-9-10-5-13(21-3)14(22-4)7-12(10)20-2;/h5,7,11H,6,8-9,16H2,1-4H3,(H,17,18);1H. The molecule has 0 spiro atoms. The predicted octanol–water partition coefficient (Wildman–Crippen LogP) is 1.11. The molecule has 0 aromatic heterocycles. The van der Waals surface area contributed by atoms with E-state index < -0.39 is 0 Å². The minimum atomic E-state index is -0.285. The molecule has 1 aromatic rings. The second-order valence-corrected chi connectivity index (χ2v) is 4.59. The number of hydrogen-bond donors (Lipinski definition) is 2. The van der Waals surface area contributed by atoms with Crippen LogP contribution in [-0.4, -0.2) is 47.0 Å². The highest BCUT2D eigenvalue weighted by Crippen LogP contribution is 2.34. The molecule has 0 fully saturated rings. The lowest BCUT2D eigenvalue weighted by Gasteiger charge is -2.16. The summed E-state index contributed by atoms with van der Waals surface area (Å²) >= 11 is 0. The van der Waals surface area contributed by atoms with Crippen molar-refractivity contribution in [2.45, 2.75) is 19.1 Å². The fourth-order valence-corrected chi connectivity index (χ4v) is 1.97. The highest BCUT2D eigenvalue weighted by molar-refractivity contribution is 5.85. The van der Waals surface area contributed by atoms with Crippen LogP contribution in [0.25, 0.3) is 0 Å². The van der Waals surface area contributed by atoms with Gasteiger partial charge in [-0.2, -0.15) is 0 Å². The quantitative estimate of drug-likeness (QED) is 0.694. The van der Waals surface area contributed by atoms with Gasteiger partial charge in [0.25, 0.3) is 0 Å². The van der Waals surface area contributed by atoms with Crippen LogP contribution in [0, 0.1) is 0 Å². The number of amides is 1. The number of carbonyl (C=O) groups is 1. The molecule has 132 valence electrons. The third-order valence-electron chi connectivity index (χ3n) is 3.27. The largest absolute Gasteiger partial charge is 0.496 e. The van der Waals surface area contributed by atoms with Crippen LogP contribution in [0.5, 0.6) is 17.2 Å². The van der Waals surface area contributed by atoms with Crippen LogP contribution >= 0.6 is 12.4 Å². The van der Waals surface area contributed by atoms with Gasteiger partial charge in [-0.1, -0.05) is 0 Å². The number of nitrogens with one attached hydrogen (secondary N) is 1. The highest BCUT2D eigenvalue weighted by Gasteiger charge is 2.14. The Balaban J connectivity index is 0.00000484. The third-order valence-corrected chi connectivity index (χ3v) is 3.27. The molecule has 0 aliphatic rings. The maximum Gasteiger partial charge on any atom is 0.222 e. The maximum atomic E-state index is 11.9. The van der Waals surface area contributed by atoms with Crippen LogP contribution in [0.15, 0.2) is 12.1 Å². The molecule has 1 amide bonds. The molecule has 1 rings (SSSR count). The number of carbonyl (C=O) groups excluding carboxylic acids is 1. The van der Waals surface area contributed by atoms with E-state index in [1.807, 2.05) is 0 Å². The van der Waals surface area contributed by atoms with Crippen molar-refractivity contribution in [2.24, 2.45) is 5.73 Å². The Hall–Kier alpha value is -1.70. The fraction of sp³-hybridized carbons (Fsp3) is 0.533. The number of nitrogens with two attached hydrogens (primary N) is 1. The summed E-state index contributed by atoms with van der Waals surface area (Å²) in [6, 6.07) is 3.49. The molecule has 1 unspecified atom stereocenters. The molecular weight excluding hydrogens is 324 g/mol. The van der Waals surface area contributed by atoms with Gasteiger partial charge >= 0.3 is 0 Å². The smallest absolute Gasteiger partial charge is 0.222 e. The molecule has 0 heterocycles. The third kappa shape index (κ3) is 6.13. The summed E-state index contributed by atoms with van der Waals surface area (Å²) in [5.41, 5.74) is 6.29. The Labute approximate surface area is 142 Å². The summed E-state index contributed by atoms with van der Waals surface area (Å²) in [4.78, 5) is 11.9. The van der Waals surface area contributed by atoms with Crippen molar-refractivity contribution in [3.63, 3.8) is 0 Å². The van der Waals surface area contributed by atoms with E-state index in [1.165, 1.54) is 7.11 Å². The lowest BCUT2D eigenvalue weighted by molar-refractivity contribution is -0.123. The summed E-state index contributed by atoms with van der Waals surface area (Å²) in [5, 5.41) is 2.81. The number of benzene rings is 1. The van der Waals surface area contributed by atoms with E-state index in [4.69, 9.17) is 24.7 Å². The van der Waals surface area contributed by atoms with Gasteiger partial charge in [-0.15, -0.1) is 12.4 Å². The normalized spacial score (nSPS) is 11.2.